The van der Waals surface area contributed by atoms with Crippen molar-refractivity contribution in [3.05, 3.63) is 95.3 Å². The summed E-state index contributed by atoms with van der Waals surface area (Å²) in [6, 6.07) is 23.4. The molecule has 33 heavy (non-hydrogen) atoms. The van der Waals surface area contributed by atoms with Crippen molar-refractivity contribution in [2.24, 2.45) is 0 Å². The summed E-state index contributed by atoms with van der Waals surface area (Å²) < 4.78 is 0. The topological polar surface area (TPSA) is 45.2 Å². The van der Waals surface area contributed by atoms with Gasteiger partial charge in [0.05, 0.1) is 0 Å². The van der Waals surface area contributed by atoms with E-state index in [1.165, 1.54) is 34.6 Å². The number of carbonyl (C=O) groups is 1. The molecule has 2 unspecified atom stereocenters. The fourth-order valence-electron chi connectivity index (χ4n) is 4.92. The third-order valence-electron chi connectivity index (χ3n) is 6.75. The Kier molecular flexibility index (Phi) is 6.68. The summed E-state index contributed by atoms with van der Waals surface area (Å²) >= 11 is 1.83. The quantitative estimate of drug-likeness (QED) is 0.432. The van der Waals surface area contributed by atoms with Crippen molar-refractivity contribution < 1.29 is 4.79 Å². The summed E-state index contributed by atoms with van der Waals surface area (Å²) in [5.74, 6) is 2.19. The molecule has 1 aliphatic heterocycles. The Labute approximate surface area is 200 Å². The van der Waals surface area contributed by atoms with Crippen molar-refractivity contribution in [1.29, 1.82) is 0 Å². The summed E-state index contributed by atoms with van der Waals surface area (Å²) in [5.41, 5.74) is 4.98. The second-order valence-corrected chi connectivity index (χ2v) is 10.4. The number of urea groups is 1. The maximum atomic E-state index is 13.2. The highest BCUT2D eigenvalue weighted by molar-refractivity contribution is 7.99. The molecule has 0 spiro atoms. The zero-order valence-electron chi connectivity index (χ0n) is 19.1. The molecule has 1 N–H and O–H groups in total. The highest BCUT2D eigenvalue weighted by Gasteiger charge is 2.40. The van der Waals surface area contributed by atoms with E-state index in [1.807, 2.05) is 22.9 Å². The predicted molar refractivity (Wildman–Crippen MR) is 135 cm³/mol. The van der Waals surface area contributed by atoms with Crippen LogP contribution in [0.5, 0.6) is 0 Å². The number of hydrogen-bond acceptors (Lipinski definition) is 3. The van der Waals surface area contributed by atoms with Gasteiger partial charge in [-0.05, 0) is 59.4 Å². The molecule has 4 nitrogen and oxygen atoms in total. The first-order valence-corrected chi connectivity index (χ1v) is 13.0. The fraction of sp³-hybridized carbons (Fsp3) is 0.357. The van der Waals surface area contributed by atoms with Crippen molar-refractivity contribution in [2.45, 2.75) is 49.0 Å². The first-order valence-electron chi connectivity index (χ1n) is 12.0. The third kappa shape index (κ3) is 5.09. The second-order valence-electron chi connectivity index (χ2n) is 9.02. The van der Waals surface area contributed by atoms with Gasteiger partial charge in [-0.25, -0.2) is 4.79 Å². The number of likely N-dealkylation sites (tertiary alicyclic amines) is 1. The number of nitrogens with zero attached hydrogens (tertiary/aromatic N) is 2. The van der Waals surface area contributed by atoms with E-state index < -0.39 is 0 Å². The molecule has 1 saturated heterocycles. The lowest BCUT2D eigenvalue weighted by molar-refractivity contribution is 0.207. The van der Waals surface area contributed by atoms with Gasteiger partial charge >= 0.3 is 6.03 Å². The van der Waals surface area contributed by atoms with Gasteiger partial charge in [-0.1, -0.05) is 55.5 Å². The minimum Gasteiger partial charge on any atom is -0.334 e. The number of pyridine rings is 1. The average Bonchev–Trinajstić information content (AvgIpc) is 3.62. The third-order valence-corrected chi connectivity index (χ3v) is 7.65. The van der Waals surface area contributed by atoms with Crippen LogP contribution < -0.4 is 5.32 Å². The molecule has 1 aliphatic carbocycles. The molecule has 1 saturated carbocycles. The van der Waals surface area contributed by atoms with Gasteiger partial charge in [0.15, 0.2) is 0 Å². The average molecular weight is 458 g/mol. The number of benzene rings is 2. The van der Waals surface area contributed by atoms with Crippen molar-refractivity contribution in [3.8, 4) is 0 Å². The molecule has 2 aliphatic rings. The van der Waals surface area contributed by atoms with Gasteiger partial charge in [0.2, 0.25) is 0 Å². The Morgan fingerprint density at radius 1 is 1.00 bits per heavy atom. The van der Waals surface area contributed by atoms with Gasteiger partial charge in [-0.15, -0.1) is 11.8 Å². The second kappa shape index (κ2) is 10.0. The highest BCUT2D eigenvalue weighted by atomic mass is 32.2. The summed E-state index contributed by atoms with van der Waals surface area (Å²) in [6.07, 6.45) is 4.41. The van der Waals surface area contributed by atoms with E-state index in [9.17, 15) is 4.79 Å². The molecule has 2 atom stereocenters. The Morgan fingerprint density at radius 2 is 1.76 bits per heavy atom. The van der Waals surface area contributed by atoms with Crippen LogP contribution in [0.15, 0.2) is 77.8 Å². The van der Waals surface area contributed by atoms with Crippen molar-refractivity contribution in [1.82, 2.24) is 15.2 Å². The Hall–Kier alpha value is -2.79. The molecule has 0 bridgehead atoms. The predicted octanol–water partition coefficient (Wildman–Crippen LogP) is 6.16. The first kappa shape index (κ1) is 22.0. The first-order chi connectivity index (χ1) is 16.2. The van der Waals surface area contributed by atoms with Crippen LogP contribution in [0.3, 0.4) is 0 Å². The van der Waals surface area contributed by atoms with Crippen LogP contribution in [-0.4, -0.2) is 34.8 Å². The Balaban J connectivity index is 1.32. The molecule has 2 fully saturated rings. The number of nitrogens with one attached hydrogen (secondary N) is 1. The number of carbonyl (C=O) groups excluding carboxylic acids is 1. The van der Waals surface area contributed by atoms with Crippen LogP contribution in [0, 0.1) is 0 Å². The maximum absolute atomic E-state index is 13.2. The number of amides is 2. The molecule has 2 amide bonds. The molecular weight excluding hydrogens is 426 g/mol. The van der Waals surface area contributed by atoms with Gasteiger partial charge in [0.1, 0.15) is 0 Å². The molecule has 3 aromatic rings. The van der Waals surface area contributed by atoms with Gasteiger partial charge in [-0.2, -0.15) is 0 Å². The standard InChI is InChI=1S/C28H31N3OS/c1-2-33-23-14-10-20(11-15-23)17-30-28(32)31-18-25(21-7-4-3-5-8-21)26(19-31)27-24(22-12-13-22)9-6-16-29-27/h3-11,14-16,22,25-26H,2,12-13,17-19H2,1H3,(H,30,32). The summed E-state index contributed by atoms with van der Waals surface area (Å²) in [5, 5.41) is 3.15. The number of thioether (sulfide) groups is 1. The molecule has 2 aromatic carbocycles. The lowest BCUT2D eigenvalue weighted by Gasteiger charge is -2.20. The van der Waals surface area contributed by atoms with E-state index in [2.05, 4.69) is 79.0 Å². The SMILES string of the molecule is CCSc1ccc(CNC(=O)N2CC(c3ccccc3)C(c3ncccc3C3CC3)C2)cc1. The molecule has 1 aromatic heterocycles. The molecule has 5 heteroatoms. The van der Waals surface area contributed by atoms with Gasteiger partial charge in [0, 0.05) is 48.3 Å². The zero-order valence-corrected chi connectivity index (χ0v) is 19.9. The minimum atomic E-state index is 0.00865. The van der Waals surface area contributed by atoms with Crippen LogP contribution in [0.4, 0.5) is 4.79 Å². The Morgan fingerprint density at radius 3 is 2.48 bits per heavy atom. The van der Waals surface area contributed by atoms with Crippen molar-refractivity contribution in [2.75, 3.05) is 18.8 Å². The van der Waals surface area contributed by atoms with Gasteiger partial charge in [-0.3, -0.25) is 4.98 Å². The van der Waals surface area contributed by atoms with Gasteiger partial charge in [0.25, 0.3) is 0 Å². The van der Waals surface area contributed by atoms with E-state index in [0.29, 0.717) is 25.6 Å². The molecule has 170 valence electrons. The number of hydrogen-bond donors (Lipinski definition) is 1. The normalized spacial score (nSPS) is 20.1. The molecule has 5 rings (SSSR count). The van der Waals surface area contributed by atoms with Crippen molar-refractivity contribution >= 4 is 17.8 Å². The maximum Gasteiger partial charge on any atom is 0.317 e. The molecule has 2 heterocycles. The lowest BCUT2D eigenvalue weighted by Crippen LogP contribution is -2.38. The smallest absolute Gasteiger partial charge is 0.317 e. The zero-order chi connectivity index (χ0) is 22.6. The summed E-state index contributed by atoms with van der Waals surface area (Å²) in [4.78, 5) is 21.3. The van der Waals surface area contributed by atoms with Crippen LogP contribution in [0.1, 0.15) is 59.9 Å². The van der Waals surface area contributed by atoms with Crippen LogP contribution in [-0.2, 0) is 6.54 Å². The Bertz CT molecular complexity index is 1080. The highest BCUT2D eigenvalue weighted by Crippen LogP contribution is 2.47. The van der Waals surface area contributed by atoms with Crippen LogP contribution in [0.2, 0.25) is 0 Å². The number of aromatic nitrogens is 1. The number of rotatable bonds is 7. The monoisotopic (exact) mass is 457 g/mol. The molecule has 0 radical (unpaired) electrons. The van der Waals surface area contributed by atoms with E-state index in [1.54, 1.807) is 0 Å². The van der Waals surface area contributed by atoms with Crippen molar-refractivity contribution in [3.63, 3.8) is 0 Å². The minimum absolute atomic E-state index is 0.00865. The largest absolute Gasteiger partial charge is 0.334 e. The fourth-order valence-corrected chi connectivity index (χ4v) is 5.59. The van der Waals surface area contributed by atoms with E-state index in [0.717, 1.165) is 11.3 Å². The summed E-state index contributed by atoms with van der Waals surface area (Å²) in [6.45, 7) is 4.12. The van der Waals surface area contributed by atoms with E-state index >= 15 is 0 Å². The molecular formula is C28H31N3OS. The summed E-state index contributed by atoms with van der Waals surface area (Å²) in [7, 11) is 0. The van der Waals surface area contributed by atoms with Crippen LogP contribution in [0.25, 0.3) is 0 Å². The lowest BCUT2D eigenvalue weighted by atomic mass is 9.84. The van der Waals surface area contributed by atoms with Crippen LogP contribution >= 0.6 is 11.8 Å². The van der Waals surface area contributed by atoms with E-state index in [-0.39, 0.29) is 17.9 Å². The van der Waals surface area contributed by atoms with Gasteiger partial charge < -0.3 is 10.2 Å². The van der Waals surface area contributed by atoms with E-state index in [4.69, 9.17) is 4.98 Å².